The number of aliphatic hydroxyl groups is 2. The highest BCUT2D eigenvalue weighted by atomic mass is 32.2. The average molecular weight is 269 g/mol. The van der Waals surface area contributed by atoms with E-state index >= 15 is 0 Å². The van der Waals surface area contributed by atoms with Gasteiger partial charge in [0.25, 0.3) is 0 Å². The Balaban J connectivity index is 2.37. The molecule has 3 nitrogen and oxygen atoms in total. The number of aliphatic hydroxyl groups excluding tert-OH is 2. The molecule has 18 heavy (non-hydrogen) atoms. The quantitative estimate of drug-likeness (QED) is 0.705. The van der Waals surface area contributed by atoms with Crippen molar-refractivity contribution >= 4 is 11.8 Å². The van der Waals surface area contributed by atoms with Gasteiger partial charge in [-0.2, -0.15) is 0 Å². The predicted octanol–water partition coefficient (Wildman–Crippen LogP) is 1.68. The lowest BCUT2D eigenvalue weighted by molar-refractivity contribution is 0.167. The molecule has 0 atom stereocenters. The first kappa shape index (κ1) is 15.5. The molecule has 0 spiro atoms. The van der Waals surface area contributed by atoms with Crippen LogP contribution >= 0.6 is 11.8 Å². The van der Waals surface area contributed by atoms with E-state index < -0.39 is 0 Å². The van der Waals surface area contributed by atoms with Gasteiger partial charge in [-0.15, -0.1) is 11.8 Å². The van der Waals surface area contributed by atoms with Crippen molar-refractivity contribution in [1.82, 2.24) is 4.90 Å². The van der Waals surface area contributed by atoms with Crippen LogP contribution in [0.15, 0.2) is 23.1 Å². The highest BCUT2D eigenvalue weighted by Crippen LogP contribution is 2.20. The van der Waals surface area contributed by atoms with Gasteiger partial charge in [0.15, 0.2) is 0 Å². The minimum absolute atomic E-state index is 0.147. The summed E-state index contributed by atoms with van der Waals surface area (Å²) in [5, 5.41) is 17.8. The van der Waals surface area contributed by atoms with Gasteiger partial charge >= 0.3 is 0 Å². The Bertz CT molecular complexity index is 352. The summed E-state index contributed by atoms with van der Waals surface area (Å²) >= 11 is 1.82. The lowest BCUT2D eigenvalue weighted by Gasteiger charge is -2.19. The van der Waals surface area contributed by atoms with Gasteiger partial charge in [-0.25, -0.2) is 0 Å². The molecule has 1 aromatic rings. The molecular formula is C14H23NO2S. The second kappa shape index (κ2) is 8.53. The molecule has 0 radical (unpaired) electrons. The van der Waals surface area contributed by atoms with E-state index in [9.17, 15) is 0 Å². The van der Waals surface area contributed by atoms with Gasteiger partial charge in [-0.05, 0) is 37.1 Å². The molecule has 2 N–H and O–H groups in total. The summed E-state index contributed by atoms with van der Waals surface area (Å²) < 4.78 is 0. The fourth-order valence-corrected chi connectivity index (χ4v) is 2.72. The SMILES string of the molecule is Cc1ccc(SCCN(CCO)CCO)cc1C. The van der Waals surface area contributed by atoms with Crippen molar-refractivity contribution < 1.29 is 10.2 Å². The van der Waals surface area contributed by atoms with Crippen molar-refractivity contribution in [3.05, 3.63) is 29.3 Å². The number of aryl methyl sites for hydroxylation is 2. The van der Waals surface area contributed by atoms with Crippen LogP contribution in [0.3, 0.4) is 0 Å². The van der Waals surface area contributed by atoms with Gasteiger partial charge < -0.3 is 10.2 Å². The lowest BCUT2D eigenvalue weighted by Crippen LogP contribution is -2.31. The second-order valence-electron chi connectivity index (χ2n) is 4.38. The molecule has 1 rings (SSSR count). The topological polar surface area (TPSA) is 43.7 Å². The first-order chi connectivity index (χ1) is 8.67. The van der Waals surface area contributed by atoms with Crippen molar-refractivity contribution in [2.75, 3.05) is 38.6 Å². The third-order valence-electron chi connectivity index (χ3n) is 2.99. The van der Waals surface area contributed by atoms with Crippen molar-refractivity contribution in [1.29, 1.82) is 0 Å². The summed E-state index contributed by atoms with van der Waals surface area (Å²) in [6.07, 6.45) is 0. The summed E-state index contributed by atoms with van der Waals surface area (Å²) in [6, 6.07) is 6.51. The molecule has 0 aliphatic heterocycles. The Kier molecular flexibility index (Phi) is 7.35. The zero-order valence-electron chi connectivity index (χ0n) is 11.2. The Morgan fingerprint density at radius 2 is 1.67 bits per heavy atom. The molecule has 0 amide bonds. The average Bonchev–Trinajstić information content (AvgIpc) is 2.34. The van der Waals surface area contributed by atoms with Crippen LogP contribution in [0.25, 0.3) is 0 Å². The molecule has 102 valence electrons. The van der Waals surface area contributed by atoms with Crippen LogP contribution in [0.1, 0.15) is 11.1 Å². The first-order valence-electron chi connectivity index (χ1n) is 6.31. The molecule has 0 unspecified atom stereocenters. The van der Waals surface area contributed by atoms with Gasteiger partial charge in [0.2, 0.25) is 0 Å². The van der Waals surface area contributed by atoms with E-state index in [1.54, 1.807) is 0 Å². The third-order valence-corrected chi connectivity index (χ3v) is 3.96. The number of thioether (sulfide) groups is 1. The van der Waals surface area contributed by atoms with Gasteiger partial charge in [-0.1, -0.05) is 6.07 Å². The minimum Gasteiger partial charge on any atom is -0.395 e. The Morgan fingerprint density at radius 3 is 2.22 bits per heavy atom. The zero-order valence-corrected chi connectivity index (χ0v) is 12.0. The molecule has 0 aliphatic rings. The number of benzene rings is 1. The molecule has 0 saturated heterocycles. The van der Waals surface area contributed by atoms with Gasteiger partial charge in [-0.3, -0.25) is 4.90 Å². The summed E-state index contributed by atoms with van der Waals surface area (Å²) in [6.45, 7) is 6.70. The Labute approximate surface area is 114 Å². The molecule has 0 saturated carbocycles. The van der Waals surface area contributed by atoms with Gasteiger partial charge in [0.05, 0.1) is 13.2 Å². The molecule has 4 heteroatoms. The maximum absolute atomic E-state index is 8.92. The normalized spacial score (nSPS) is 11.2. The number of hydrogen-bond acceptors (Lipinski definition) is 4. The van der Waals surface area contributed by atoms with E-state index in [2.05, 4.69) is 36.9 Å². The van der Waals surface area contributed by atoms with Crippen LogP contribution < -0.4 is 0 Å². The van der Waals surface area contributed by atoms with Crippen LogP contribution in [0.2, 0.25) is 0 Å². The summed E-state index contributed by atoms with van der Waals surface area (Å²) in [7, 11) is 0. The minimum atomic E-state index is 0.147. The van der Waals surface area contributed by atoms with Crippen LogP contribution in [0.5, 0.6) is 0 Å². The molecule has 1 aromatic carbocycles. The van der Waals surface area contributed by atoms with E-state index in [1.165, 1.54) is 16.0 Å². The highest BCUT2D eigenvalue weighted by Gasteiger charge is 2.04. The smallest absolute Gasteiger partial charge is 0.0558 e. The van der Waals surface area contributed by atoms with Crippen molar-refractivity contribution in [2.45, 2.75) is 18.7 Å². The van der Waals surface area contributed by atoms with Crippen molar-refractivity contribution in [3.8, 4) is 0 Å². The van der Waals surface area contributed by atoms with Gasteiger partial charge in [0, 0.05) is 30.3 Å². The Hall–Kier alpha value is -0.550. The first-order valence-corrected chi connectivity index (χ1v) is 7.30. The fraction of sp³-hybridized carbons (Fsp3) is 0.571. The summed E-state index contributed by atoms with van der Waals surface area (Å²) in [5.74, 6) is 0.975. The monoisotopic (exact) mass is 269 g/mol. The van der Waals surface area contributed by atoms with Gasteiger partial charge in [0.1, 0.15) is 0 Å². The third kappa shape index (κ3) is 5.40. The molecular weight excluding hydrogens is 246 g/mol. The predicted molar refractivity (Wildman–Crippen MR) is 77.3 cm³/mol. The summed E-state index contributed by atoms with van der Waals surface area (Å²) in [4.78, 5) is 3.36. The van der Waals surface area contributed by atoms with E-state index in [0.717, 1.165) is 12.3 Å². The second-order valence-corrected chi connectivity index (χ2v) is 5.55. The van der Waals surface area contributed by atoms with Crippen molar-refractivity contribution in [3.63, 3.8) is 0 Å². The molecule has 0 heterocycles. The molecule has 0 aliphatic carbocycles. The zero-order chi connectivity index (χ0) is 13.4. The number of rotatable bonds is 8. The summed E-state index contributed by atoms with van der Waals surface area (Å²) in [5.41, 5.74) is 2.64. The standard InChI is InChI=1S/C14H23NO2S/c1-12-3-4-14(11-13(12)2)18-10-7-15(5-8-16)6-9-17/h3-4,11,16-17H,5-10H2,1-2H3. The lowest BCUT2D eigenvalue weighted by atomic mass is 10.1. The van der Waals surface area contributed by atoms with Crippen LogP contribution in [-0.2, 0) is 0 Å². The van der Waals surface area contributed by atoms with Crippen molar-refractivity contribution in [2.24, 2.45) is 0 Å². The number of hydrogen-bond donors (Lipinski definition) is 2. The van der Waals surface area contributed by atoms with E-state index in [4.69, 9.17) is 10.2 Å². The van der Waals surface area contributed by atoms with Crippen LogP contribution in [-0.4, -0.2) is 53.7 Å². The molecule has 0 bridgehead atoms. The van der Waals surface area contributed by atoms with Crippen LogP contribution in [0.4, 0.5) is 0 Å². The largest absolute Gasteiger partial charge is 0.395 e. The van der Waals surface area contributed by atoms with Crippen LogP contribution in [0, 0.1) is 13.8 Å². The fourth-order valence-electron chi connectivity index (χ4n) is 1.71. The molecule has 0 aromatic heterocycles. The number of nitrogens with zero attached hydrogens (tertiary/aromatic N) is 1. The van der Waals surface area contributed by atoms with E-state index in [-0.39, 0.29) is 13.2 Å². The van der Waals surface area contributed by atoms with E-state index in [1.807, 2.05) is 11.8 Å². The van der Waals surface area contributed by atoms with E-state index in [0.29, 0.717) is 13.1 Å². The highest BCUT2D eigenvalue weighted by molar-refractivity contribution is 7.99. The maximum Gasteiger partial charge on any atom is 0.0558 e. The molecule has 0 fully saturated rings. The maximum atomic E-state index is 8.92. The Morgan fingerprint density at radius 1 is 1.00 bits per heavy atom.